The molecule has 2 unspecified atom stereocenters. The molecular formula is C24H26ClN7O4. The van der Waals surface area contributed by atoms with Crippen molar-refractivity contribution in [3.63, 3.8) is 0 Å². The number of morpholine rings is 1. The van der Waals surface area contributed by atoms with Gasteiger partial charge in [0.1, 0.15) is 0 Å². The van der Waals surface area contributed by atoms with Gasteiger partial charge in [0.25, 0.3) is 11.8 Å². The van der Waals surface area contributed by atoms with Gasteiger partial charge in [-0.1, -0.05) is 25.4 Å². The lowest BCUT2D eigenvalue weighted by atomic mass is 10.1. The summed E-state index contributed by atoms with van der Waals surface area (Å²) in [5, 5.41) is 26.5. The molecule has 0 aliphatic carbocycles. The number of aliphatic hydroxyl groups is 1. The minimum absolute atomic E-state index is 0.134. The summed E-state index contributed by atoms with van der Waals surface area (Å²) in [6.07, 6.45) is 1.65. The highest BCUT2D eigenvalue weighted by Crippen LogP contribution is 2.29. The van der Waals surface area contributed by atoms with E-state index in [2.05, 4.69) is 25.6 Å². The summed E-state index contributed by atoms with van der Waals surface area (Å²) in [6, 6.07) is 8.53. The summed E-state index contributed by atoms with van der Waals surface area (Å²) < 4.78 is 7.02. The monoisotopic (exact) mass is 511 g/mol. The number of aromatic amines is 1. The van der Waals surface area contributed by atoms with Gasteiger partial charge >= 0.3 is 0 Å². The van der Waals surface area contributed by atoms with Crippen molar-refractivity contribution >= 4 is 45.8 Å². The number of carbonyl (C=O) groups excluding carboxylic acids is 2. The number of benzene rings is 1. The number of anilines is 2. The van der Waals surface area contributed by atoms with Crippen molar-refractivity contribution in [2.75, 3.05) is 23.4 Å². The van der Waals surface area contributed by atoms with Crippen LogP contribution in [0.3, 0.4) is 0 Å². The maximum Gasteiger partial charge on any atom is 0.260 e. The number of halogens is 1. The van der Waals surface area contributed by atoms with Gasteiger partial charge < -0.3 is 20.1 Å². The molecule has 1 fully saturated rings. The molecule has 0 saturated carbocycles. The predicted molar refractivity (Wildman–Crippen MR) is 135 cm³/mol. The number of aromatic nitrogens is 5. The van der Waals surface area contributed by atoms with Gasteiger partial charge in [0.15, 0.2) is 18.0 Å². The molecule has 5 rings (SSSR count). The van der Waals surface area contributed by atoms with Crippen molar-refractivity contribution in [1.29, 1.82) is 0 Å². The van der Waals surface area contributed by atoms with E-state index in [4.69, 9.17) is 16.3 Å². The van der Waals surface area contributed by atoms with Crippen LogP contribution in [0.5, 0.6) is 0 Å². The normalized spacial score (nSPS) is 16.4. The predicted octanol–water partition coefficient (Wildman–Crippen LogP) is 2.86. The van der Waals surface area contributed by atoms with Gasteiger partial charge in [-0.25, -0.2) is 4.68 Å². The lowest BCUT2D eigenvalue weighted by Crippen LogP contribution is -2.55. The third-order valence-corrected chi connectivity index (χ3v) is 6.02. The van der Waals surface area contributed by atoms with Gasteiger partial charge in [0.2, 0.25) is 0 Å². The van der Waals surface area contributed by atoms with Crippen molar-refractivity contribution in [3.8, 4) is 5.69 Å². The van der Waals surface area contributed by atoms with Crippen LogP contribution in [-0.4, -0.2) is 67.2 Å². The summed E-state index contributed by atoms with van der Waals surface area (Å²) in [5.74, 6) is -0.964. The van der Waals surface area contributed by atoms with E-state index in [-0.39, 0.29) is 13.2 Å². The molecule has 0 bridgehead atoms. The summed E-state index contributed by atoms with van der Waals surface area (Å²) >= 11 is 6.29. The lowest BCUT2D eigenvalue weighted by Gasteiger charge is -2.32. The molecule has 4 aromatic rings. The van der Waals surface area contributed by atoms with Crippen molar-refractivity contribution in [3.05, 3.63) is 59.6 Å². The van der Waals surface area contributed by atoms with Gasteiger partial charge in [0.05, 0.1) is 36.3 Å². The van der Waals surface area contributed by atoms with Gasteiger partial charge in [-0.3, -0.25) is 14.5 Å². The second kappa shape index (κ2) is 10.9. The van der Waals surface area contributed by atoms with Crippen LogP contribution in [0.4, 0.5) is 11.5 Å². The van der Waals surface area contributed by atoms with E-state index in [0.717, 1.165) is 16.6 Å². The highest BCUT2D eigenvalue weighted by molar-refractivity contribution is 6.36. The highest BCUT2D eigenvalue weighted by atomic mass is 35.5. The first-order valence-electron chi connectivity index (χ1n) is 11.4. The van der Waals surface area contributed by atoms with Crippen molar-refractivity contribution in [1.82, 2.24) is 25.0 Å². The second-order valence-electron chi connectivity index (χ2n) is 7.76. The Bertz CT molecular complexity index is 1370. The SMILES string of the molecule is CC.Cc1[nH]c2ccc(NC(=O)C(O)C3OCCN(c4ccn(-c5ccnnc5)n4)C3=O)cc2c1Cl. The van der Waals surface area contributed by atoms with Gasteiger partial charge in [0, 0.05) is 34.5 Å². The van der Waals surface area contributed by atoms with E-state index >= 15 is 0 Å². The Morgan fingerprint density at radius 2 is 2.08 bits per heavy atom. The summed E-state index contributed by atoms with van der Waals surface area (Å²) in [5.41, 5.74) is 2.74. The summed E-state index contributed by atoms with van der Waals surface area (Å²) in [4.78, 5) is 30.3. The molecule has 1 aliphatic rings. The number of ether oxygens (including phenoxy) is 1. The number of hydrogen-bond donors (Lipinski definition) is 3. The fraction of sp³-hybridized carbons (Fsp3) is 0.292. The number of rotatable bonds is 5. The zero-order valence-corrected chi connectivity index (χ0v) is 20.7. The maximum absolute atomic E-state index is 13.1. The van der Waals surface area contributed by atoms with E-state index in [1.54, 1.807) is 41.2 Å². The Labute approximate surface area is 212 Å². The maximum atomic E-state index is 13.1. The van der Waals surface area contributed by atoms with E-state index in [0.29, 0.717) is 22.2 Å². The number of nitrogens with zero attached hydrogens (tertiary/aromatic N) is 5. The Hall–Kier alpha value is -3.80. The molecule has 3 aromatic heterocycles. The zero-order valence-electron chi connectivity index (χ0n) is 20.0. The first-order chi connectivity index (χ1) is 17.4. The smallest absolute Gasteiger partial charge is 0.260 e. The van der Waals surface area contributed by atoms with E-state index in [9.17, 15) is 14.7 Å². The third-order valence-electron chi connectivity index (χ3n) is 5.54. The molecule has 12 heteroatoms. The van der Waals surface area contributed by atoms with Crippen LogP contribution >= 0.6 is 11.6 Å². The first-order valence-corrected chi connectivity index (χ1v) is 11.8. The Kier molecular flexibility index (Phi) is 7.63. The van der Waals surface area contributed by atoms with Crippen LogP contribution in [0.15, 0.2) is 48.9 Å². The lowest BCUT2D eigenvalue weighted by molar-refractivity contribution is -0.150. The van der Waals surface area contributed by atoms with E-state index in [1.165, 1.54) is 17.3 Å². The number of amides is 2. The zero-order chi connectivity index (χ0) is 25.8. The molecule has 3 N–H and O–H groups in total. The van der Waals surface area contributed by atoms with Crippen molar-refractivity contribution in [2.45, 2.75) is 33.0 Å². The minimum atomic E-state index is -1.72. The van der Waals surface area contributed by atoms with Crippen LogP contribution in [-0.2, 0) is 14.3 Å². The number of aliphatic hydroxyl groups excluding tert-OH is 1. The van der Waals surface area contributed by atoms with Crippen molar-refractivity contribution < 1.29 is 19.4 Å². The third kappa shape index (κ3) is 4.94. The van der Waals surface area contributed by atoms with E-state index in [1.807, 2.05) is 20.8 Å². The fourth-order valence-electron chi connectivity index (χ4n) is 3.81. The topological polar surface area (TPSA) is 138 Å². The number of carbonyl (C=O) groups is 2. The van der Waals surface area contributed by atoms with Gasteiger partial charge in [-0.05, 0) is 31.2 Å². The van der Waals surface area contributed by atoms with E-state index < -0.39 is 24.0 Å². The molecule has 1 aromatic carbocycles. The largest absolute Gasteiger partial charge is 0.380 e. The molecule has 36 heavy (non-hydrogen) atoms. The van der Waals surface area contributed by atoms with Gasteiger partial charge in [-0.15, -0.1) is 5.10 Å². The minimum Gasteiger partial charge on any atom is -0.380 e. The average molecular weight is 512 g/mol. The first kappa shape index (κ1) is 25.3. The number of fused-ring (bicyclic) bond motifs is 1. The van der Waals surface area contributed by atoms with Gasteiger partial charge in [-0.2, -0.15) is 10.2 Å². The molecule has 0 radical (unpaired) electrons. The standard InChI is InChI=1S/C22H20ClN7O4.C2H6/c1-12-18(23)15-10-13(2-3-16(15)26-12)27-21(32)19(31)20-22(33)29(8-9-34-20)17-5-7-30(28-17)14-4-6-24-25-11-14;1-2/h2-7,10-11,19-20,26,31H,8-9H2,1H3,(H,27,32);1-2H3. The molecule has 4 heterocycles. The molecule has 188 valence electrons. The van der Waals surface area contributed by atoms with Crippen LogP contribution in [0, 0.1) is 6.92 Å². The molecule has 2 amide bonds. The van der Waals surface area contributed by atoms with Crippen LogP contribution in [0.2, 0.25) is 5.02 Å². The fourth-order valence-corrected chi connectivity index (χ4v) is 4.01. The molecule has 2 atom stereocenters. The average Bonchev–Trinajstić information content (AvgIpc) is 3.50. The molecule has 1 aliphatic heterocycles. The Morgan fingerprint density at radius 3 is 2.83 bits per heavy atom. The summed E-state index contributed by atoms with van der Waals surface area (Å²) in [7, 11) is 0. The number of hydrogen-bond acceptors (Lipinski definition) is 7. The highest BCUT2D eigenvalue weighted by Gasteiger charge is 2.40. The van der Waals surface area contributed by atoms with Crippen molar-refractivity contribution in [2.24, 2.45) is 0 Å². The molecular weight excluding hydrogens is 486 g/mol. The number of H-pyrrole nitrogens is 1. The quantitative estimate of drug-likeness (QED) is 0.374. The van der Waals surface area contributed by atoms with Crippen LogP contribution in [0.25, 0.3) is 16.6 Å². The van der Waals surface area contributed by atoms with Crippen LogP contribution < -0.4 is 10.2 Å². The Morgan fingerprint density at radius 1 is 1.28 bits per heavy atom. The summed E-state index contributed by atoms with van der Waals surface area (Å²) in [6.45, 7) is 6.21. The molecule has 11 nitrogen and oxygen atoms in total. The Balaban J connectivity index is 0.00000148. The second-order valence-corrected chi connectivity index (χ2v) is 8.14. The molecule has 0 spiro atoms. The molecule has 1 saturated heterocycles. The van der Waals surface area contributed by atoms with Crippen LogP contribution in [0.1, 0.15) is 19.5 Å². The number of aryl methyl sites for hydroxylation is 1. The number of nitrogens with one attached hydrogen (secondary N) is 2.